The number of hydrogen-bond acceptors (Lipinski definition) is 5. The number of rotatable bonds is 4. The molecule has 130 valence electrons. The smallest absolute Gasteiger partial charge is 0.166 e. The Morgan fingerprint density at radius 2 is 2.33 bits per heavy atom. The minimum atomic E-state index is -0.430. The third kappa shape index (κ3) is 2.34. The molecule has 0 fully saturated rings. The van der Waals surface area contributed by atoms with Crippen LogP contribution in [0.1, 0.15) is 30.4 Å². The topological polar surface area (TPSA) is 68.0 Å². The van der Waals surface area contributed by atoms with E-state index in [0.717, 1.165) is 50.5 Å². The van der Waals surface area contributed by atoms with Crippen molar-refractivity contribution in [3.05, 3.63) is 35.4 Å². The second kappa shape index (κ2) is 6.06. The van der Waals surface area contributed by atoms with Crippen molar-refractivity contribution in [1.82, 2.24) is 4.90 Å². The zero-order chi connectivity index (χ0) is 16.7. The van der Waals surface area contributed by atoms with Crippen LogP contribution in [0.15, 0.2) is 24.3 Å². The van der Waals surface area contributed by atoms with Gasteiger partial charge in [0.2, 0.25) is 0 Å². The molecule has 3 N–H and O–H groups in total. The average Bonchev–Trinajstić information content (AvgIpc) is 2.83. The minimum absolute atomic E-state index is 0.0167. The van der Waals surface area contributed by atoms with E-state index in [9.17, 15) is 5.11 Å². The predicted octanol–water partition coefficient (Wildman–Crippen LogP) is 1.57. The van der Waals surface area contributed by atoms with Crippen molar-refractivity contribution >= 4 is 0 Å². The van der Waals surface area contributed by atoms with Gasteiger partial charge in [-0.3, -0.25) is 4.90 Å². The van der Waals surface area contributed by atoms with Gasteiger partial charge in [0.25, 0.3) is 0 Å². The molecule has 1 aliphatic carbocycles. The third-order valence-electron chi connectivity index (χ3n) is 5.71. The summed E-state index contributed by atoms with van der Waals surface area (Å²) in [5, 5.41) is 10.1. The van der Waals surface area contributed by atoms with Gasteiger partial charge in [-0.15, -0.1) is 0 Å². The van der Waals surface area contributed by atoms with E-state index in [-0.39, 0.29) is 11.5 Å². The molecule has 0 saturated carbocycles. The molecule has 5 heteroatoms. The summed E-state index contributed by atoms with van der Waals surface area (Å²) in [7, 11) is 1.69. The Hall–Kier alpha value is -1.56. The van der Waals surface area contributed by atoms with Crippen molar-refractivity contribution in [3.8, 4) is 11.5 Å². The third-order valence-corrected chi connectivity index (χ3v) is 5.71. The molecular weight excluding hydrogens is 304 g/mol. The van der Waals surface area contributed by atoms with Crippen LogP contribution in [0, 0.1) is 0 Å². The molecule has 0 unspecified atom stereocenters. The standard InChI is InChI=1S/C19H26N2O3/c1-23-15-4-3-13-12-21(9-2-8-20)10-7-19-6-5-14(22)11-16(19)24-18(15)17(13)19/h3-6,14,16,22H,2,7-12,20H2,1H3/t14-,16-,19-/m0/s1. The van der Waals surface area contributed by atoms with Crippen LogP contribution in [-0.4, -0.2) is 49.0 Å². The van der Waals surface area contributed by atoms with Gasteiger partial charge in [-0.25, -0.2) is 0 Å². The maximum Gasteiger partial charge on any atom is 0.166 e. The van der Waals surface area contributed by atoms with Gasteiger partial charge in [-0.05, 0) is 44.1 Å². The first-order chi connectivity index (χ1) is 11.7. The van der Waals surface area contributed by atoms with E-state index in [4.69, 9.17) is 15.2 Å². The average molecular weight is 330 g/mol. The molecule has 3 aliphatic rings. The van der Waals surface area contributed by atoms with Crippen LogP contribution < -0.4 is 15.2 Å². The van der Waals surface area contributed by atoms with Crippen LogP contribution in [0.4, 0.5) is 0 Å². The Kier molecular flexibility index (Phi) is 4.03. The van der Waals surface area contributed by atoms with Gasteiger partial charge >= 0.3 is 0 Å². The van der Waals surface area contributed by atoms with Crippen LogP contribution in [0.5, 0.6) is 11.5 Å². The van der Waals surface area contributed by atoms with Crippen LogP contribution in [0.2, 0.25) is 0 Å². The Morgan fingerprint density at radius 1 is 1.46 bits per heavy atom. The molecule has 2 aliphatic heterocycles. The van der Waals surface area contributed by atoms with E-state index in [2.05, 4.69) is 17.0 Å². The van der Waals surface area contributed by atoms with Crippen molar-refractivity contribution in [3.63, 3.8) is 0 Å². The molecular formula is C19H26N2O3. The van der Waals surface area contributed by atoms with E-state index in [1.54, 1.807) is 7.11 Å². The monoisotopic (exact) mass is 330 g/mol. The lowest BCUT2D eigenvalue weighted by molar-refractivity contribution is 0.0810. The lowest BCUT2D eigenvalue weighted by atomic mass is 9.69. The minimum Gasteiger partial charge on any atom is -0.493 e. The SMILES string of the molecule is COc1ccc2c3c1O[C@H]1C[C@@H](O)C=C[C@@]31CCN(CCCN)C2. The number of nitrogens with zero attached hydrogens (tertiary/aromatic N) is 1. The highest BCUT2D eigenvalue weighted by Gasteiger charge is 2.52. The van der Waals surface area contributed by atoms with Crippen LogP contribution in [0.25, 0.3) is 0 Å². The largest absolute Gasteiger partial charge is 0.493 e. The number of ether oxygens (including phenoxy) is 2. The first kappa shape index (κ1) is 15.9. The van der Waals surface area contributed by atoms with Crippen molar-refractivity contribution in [2.75, 3.05) is 26.7 Å². The fraction of sp³-hybridized carbons (Fsp3) is 0.579. The number of methoxy groups -OCH3 is 1. The lowest BCUT2D eigenvalue weighted by Crippen LogP contribution is -2.43. The van der Waals surface area contributed by atoms with Gasteiger partial charge in [0.05, 0.1) is 18.6 Å². The molecule has 0 radical (unpaired) electrons. The Labute approximate surface area is 143 Å². The van der Waals surface area contributed by atoms with E-state index >= 15 is 0 Å². The zero-order valence-electron chi connectivity index (χ0n) is 14.2. The van der Waals surface area contributed by atoms with Gasteiger partial charge < -0.3 is 20.3 Å². The molecule has 1 aromatic carbocycles. The molecule has 1 aromatic rings. The van der Waals surface area contributed by atoms with Crippen molar-refractivity contribution in [2.24, 2.45) is 5.73 Å². The normalized spacial score (nSPS) is 31.1. The van der Waals surface area contributed by atoms with Gasteiger partial charge in [0.1, 0.15) is 6.10 Å². The fourth-order valence-corrected chi connectivity index (χ4v) is 4.50. The highest BCUT2D eigenvalue weighted by molar-refractivity contribution is 5.60. The molecule has 5 nitrogen and oxygen atoms in total. The molecule has 3 atom stereocenters. The predicted molar refractivity (Wildman–Crippen MR) is 92.4 cm³/mol. The summed E-state index contributed by atoms with van der Waals surface area (Å²) >= 11 is 0. The second-order valence-electron chi connectivity index (χ2n) is 7.11. The Bertz CT molecular complexity index is 660. The molecule has 24 heavy (non-hydrogen) atoms. The summed E-state index contributed by atoms with van der Waals surface area (Å²) in [5.74, 6) is 1.67. The summed E-state index contributed by atoms with van der Waals surface area (Å²) in [6.07, 6.45) is 6.33. The van der Waals surface area contributed by atoms with Gasteiger partial charge in [-0.1, -0.05) is 18.2 Å². The number of benzene rings is 1. The first-order valence-corrected chi connectivity index (χ1v) is 8.85. The van der Waals surface area contributed by atoms with Crippen LogP contribution in [-0.2, 0) is 12.0 Å². The van der Waals surface area contributed by atoms with Gasteiger partial charge in [0, 0.05) is 18.5 Å². The summed E-state index contributed by atoms with van der Waals surface area (Å²) in [6.45, 7) is 3.67. The highest BCUT2D eigenvalue weighted by atomic mass is 16.5. The van der Waals surface area contributed by atoms with Crippen molar-refractivity contribution < 1.29 is 14.6 Å². The van der Waals surface area contributed by atoms with E-state index in [1.165, 1.54) is 11.1 Å². The molecule has 0 saturated heterocycles. The van der Waals surface area contributed by atoms with E-state index < -0.39 is 6.10 Å². The highest BCUT2D eigenvalue weighted by Crippen LogP contribution is 2.55. The first-order valence-electron chi connectivity index (χ1n) is 8.85. The summed E-state index contributed by atoms with van der Waals surface area (Å²) in [6, 6.07) is 4.18. The van der Waals surface area contributed by atoms with Gasteiger partial charge in [0.15, 0.2) is 11.5 Å². The maximum atomic E-state index is 10.1. The molecule has 1 spiro atoms. The fourth-order valence-electron chi connectivity index (χ4n) is 4.50. The Morgan fingerprint density at radius 3 is 3.12 bits per heavy atom. The Balaban J connectivity index is 1.80. The number of aliphatic hydroxyl groups excluding tert-OH is 1. The van der Waals surface area contributed by atoms with Crippen LogP contribution in [0.3, 0.4) is 0 Å². The number of nitrogens with two attached hydrogens (primary N) is 1. The summed E-state index contributed by atoms with van der Waals surface area (Å²) in [4.78, 5) is 2.48. The number of aliphatic hydroxyl groups is 1. The quantitative estimate of drug-likeness (QED) is 0.820. The lowest BCUT2D eigenvalue weighted by Gasteiger charge is -2.35. The van der Waals surface area contributed by atoms with Crippen molar-refractivity contribution in [1.29, 1.82) is 0 Å². The molecule has 0 amide bonds. The van der Waals surface area contributed by atoms with Crippen LogP contribution >= 0.6 is 0 Å². The van der Waals surface area contributed by atoms with E-state index in [1.807, 2.05) is 12.1 Å². The van der Waals surface area contributed by atoms with Gasteiger partial charge in [-0.2, -0.15) is 0 Å². The number of hydrogen-bond donors (Lipinski definition) is 2. The van der Waals surface area contributed by atoms with E-state index in [0.29, 0.717) is 6.42 Å². The van der Waals surface area contributed by atoms with Crippen molar-refractivity contribution in [2.45, 2.75) is 43.4 Å². The molecule has 0 bridgehead atoms. The molecule has 4 rings (SSSR count). The molecule has 2 heterocycles. The zero-order valence-corrected chi connectivity index (χ0v) is 14.2. The summed E-state index contributed by atoms with van der Waals surface area (Å²) < 4.78 is 11.9. The second-order valence-corrected chi connectivity index (χ2v) is 7.11. The summed E-state index contributed by atoms with van der Waals surface area (Å²) in [5.41, 5.74) is 8.13. The molecule has 0 aromatic heterocycles. The maximum absolute atomic E-state index is 10.1.